The van der Waals surface area contributed by atoms with Gasteiger partial charge in [0.05, 0.1) is 0 Å². The molecule has 0 saturated heterocycles. The third kappa shape index (κ3) is 7490. The molecule has 0 radical (unpaired) electrons. The maximum atomic E-state index is 8.44. The fourth-order valence-electron chi connectivity index (χ4n) is 0. The number of hydrogen-bond acceptors (Lipinski definition) is 5. The summed E-state index contributed by atoms with van der Waals surface area (Å²) in [6.45, 7) is 0. The Morgan fingerprint density at radius 2 is 1.33 bits per heavy atom. The molecule has 0 heterocycles. The minimum absolute atomic E-state index is 0. The van der Waals surface area contributed by atoms with Gasteiger partial charge in [-0.2, -0.15) is 0 Å². The van der Waals surface area contributed by atoms with Crippen molar-refractivity contribution in [3.8, 4) is 0 Å². The Kier molecular flexibility index (Phi) is 19.0. The molecule has 0 aromatic heterocycles. The summed E-state index contributed by atoms with van der Waals surface area (Å²) in [4.78, 5) is 8.44. The second-order valence-corrected chi connectivity index (χ2v) is 0.612. The van der Waals surface area contributed by atoms with E-state index in [2.05, 4.69) is 0 Å². The summed E-state index contributed by atoms with van der Waals surface area (Å²) in [6, 6.07) is 0. The Morgan fingerprint density at radius 1 is 1.33 bits per heavy atom. The summed E-state index contributed by atoms with van der Waals surface area (Å²) in [5, 5.41) is 36.8. The first kappa shape index (κ1) is 15.9. The minimum Gasteiger partial charge on any atom is -0.565 e. The summed E-state index contributed by atoms with van der Waals surface area (Å²) in [5.41, 5.74) is 0. The Hall–Kier alpha value is -0.188. The van der Waals surface area contributed by atoms with Crippen molar-refractivity contribution >= 4 is 13.5 Å². The van der Waals surface area contributed by atoms with E-state index >= 15 is 0 Å². The van der Waals surface area contributed by atoms with Crippen molar-refractivity contribution in [3.63, 3.8) is 0 Å². The molecule has 0 aliphatic heterocycles. The summed E-state index contributed by atoms with van der Waals surface area (Å²) >= 11 is 0. The fraction of sp³-hybridized carbons (Fsp3) is 0. The van der Waals surface area contributed by atoms with E-state index in [-0.39, 0.29) is 18.9 Å². The van der Waals surface area contributed by atoms with Gasteiger partial charge in [0.15, 0.2) is 0 Å². The summed E-state index contributed by atoms with van der Waals surface area (Å²) < 4.78 is 0. The van der Waals surface area contributed by atoms with Gasteiger partial charge in [0.25, 0.3) is 0 Å². The third-order valence-electron chi connectivity index (χ3n) is 0. The maximum absolute atomic E-state index is 8.44. The molecule has 0 spiro atoms. The first-order valence-corrected chi connectivity index (χ1v) is 1.41. The molecule has 0 unspecified atom stereocenters. The van der Waals surface area contributed by atoms with E-state index in [0.717, 1.165) is 0 Å². The van der Waals surface area contributed by atoms with Crippen LogP contribution < -0.4 is 24.0 Å². The Bertz CT molecular complexity index is 57.3. The first-order chi connectivity index (χ1) is 3.46. The van der Waals surface area contributed by atoms with Crippen LogP contribution in [0.15, 0.2) is 0 Å². The van der Waals surface area contributed by atoms with Gasteiger partial charge in [-0.05, 0) is 0 Å². The minimum atomic E-state index is -2.17. The molecule has 0 saturated carbocycles. The van der Waals surface area contributed by atoms with Crippen LogP contribution in [-0.4, -0.2) is 33.7 Å². The normalized spacial score (nSPS) is 5.67. The monoisotopic (exact) mass is 130 g/mol. The molecule has 0 aromatic carbocycles. The number of carbonyl (C=O) groups is 1. The predicted molar refractivity (Wildman–Crippen MR) is 20.4 cm³/mol. The Balaban J connectivity index is -0.0000000720. The Labute approximate surface area is 63.1 Å². The molecule has 9 heavy (non-hydrogen) atoms. The van der Waals surface area contributed by atoms with Gasteiger partial charge in [0, 0.05) is 0 Å². The molecule has 48 valence electrons. The van der Waals surface area contributed by atoms with Crippen LogP contribution in [0.3, 0.4) is 0 Å². The smallest absolute Gasteiger partial charge is 0.565 e. The van der Waals surface area contributed by atoms with Crippen molar-refractivity contribution in [1.29, 1.82) is 0 Å². The summed E-state index contributed by atoms with van der Waals surface area (Å²) in [5.74, 6) is 0. The van der Waals surface area contributed by atoms with E-state index in [1.807, 2.05) is 0 Å². The molecular formula is CH4BLiO6. The van der Waals surface area contributed by atoms with Crippen LogP contribution in [0.2, 0.25) is 0 Å². The van der Waals surface area contributed by atoms with Crippen molar-refractivity contribution in [2.24, 2.45) is 0 Å². The van der Waals surface area contributed by atoms with Crippen molar-refractivity contribution in [1.82, 2.24) is 0 Å². The maximum Gasteiger partial charge on any atom is 1.00 e. The van der Waals surface area contributed by atoms with Gasteiger partial charge in [-0.3, -0.25) is 0 Å². The fourth-order valence-corrected chi connectivity index (χ4v) is 0. The summed E-state index contributed by atoms with van der Waals surface area (Å²) in [6.07, 6.45) is -2.08. The molecule has 8 heteroatoms. The SMILES string of the molecule is O=C([O-])O.OB(O)O.[Li+]. The van der Waals surface area contributed by atoms with Crippen LogP contribution in [0, 0.1) is 0 Å². The van der Waals surface area contributed by atoms with Crippen LogP contribution >= 0.6 is 0 Å². The average molecular weight is 130 g/mol. The van der Waals surface area contributed by atoms with Crippen LogP contribution in [-0.2, 0) is 0 Å². The molecule has 6 nitrogen and oxygen atoms in total. The van der Waals surface area contributed by atoms with Gasteiger partial charge in [0.2, 0.25) is 6.16 Å². The molecule has 4 N–H and O–H groups in total. The molecule has 0 bridgehead atoms. The van der Waals surface area contributed by atoms with E-state index in [4.69, 9.17) is 30.1 Å². The van der Waals surface area contributed by atoms with E-state index in [9.17, 15) is 0 Å². The quantitative estimate of drug-likeness (QED) is 0.242. The average Bonchev–Trinajstić information content (AvgIpc) is 1.25. The van der Waals surface area contributed by atoms with Crippen molar-refractivity contribution in [2.75, 3.05) is 0 Å². The molecule has 0 aliphatic rings. The molecule has 0 aliphatic carbocycles. The third-order valence-corrected chi connectivity index (χ3v) is 0. The molecule has 0 fully saturated rings. The van der Waals surface area contributed by atoms with E-state index < -0.39 is 13.5 Å². The van der Waals surface area contributed by atoms with Gasteiger partial charge < -0.3 is 30.1 Å². The topological polar surface area (TPSA) is 121 Å². The van der Waals surface area contributed by atoms with Gasteiger partial charge >= 0.3 is 26.2 Å². The predicted octanol–water partition coefficient (Wildman–Crippen LogP) is -6.16. The van der Waals surface area contributed by atoms with Crippen molar-refractivity contribution in [3.05, 3.63) is 0 Å². The first-order valence-electron chi connectivity index (χ1n) is 1.41. The van der Waals surface area contributed by atoms with Gasteiger partial charge in [-0.1, -0.05) is 0 Å². The molecule has 0 amide bonds. The Morgan fingerprint density at radius 3 is 1.33 bits per heavy atom. The standard InChI is InChI=1S/CH2O3.BH3O3.Li/c2*2-1(3)4;/h(H2,2,3,4);2-4H;/q;;+1/p-1. The zero-order chi connectivity index (χ0) is 7.15. The van der Waals surface area contributed by atoms with E-state index in [1.165, 1.54) is 0 Å². The van der Waals surface area contributed by atoms with Crippen LogP contribution in [0.5, 0.6) is 0 Å². The van der Waals surface area contributed by atoms with E-state index in [1.54, 1.807) is 0 Å². The molecule has 0 aromatic rings. The number of carboxylic acid groups (broad SMARTS) is 2. The largest absolute Gasteiger partial charge is 1.00 e. The van der Waals surface area contributed by atoms with Crippen LogP contribution in [0.1, 0.15) is 0 Å². The summed E-state index contributed by atoms with van der Waals surface area (Å²) in [7, 11) is -2.17. The second-order valence-electron chi connectivity index (χ2n) is 0.612. The van der Waals surface area contributed by atoms with Gasteiger partial charge in [-0.25, -0.2) is 0 Å². The van der Waals surface area contributed by atoms with Gasteiger partial charge in [0.1, 0.15) is 0 Å². The molecular weight excluding hydrogens is 126 g/mol. The van der Waals surface area contributed by atoms with Crippen molar-refractivity contribution in [2.45, 2.75) is 0 Å². The zero-order valence-corrected chi connectivity index (χ0v) is 4.68. The number of hydrogen-bond donors (Lipinski definition) is 4. The molecule has 0 atom stereocenters. The second kappa shape index (κ2) is 10.7. The van der Waals surface area contributed by atoms with Crippen molar-refractivity contribution < 1.29 is 48.9 Å². The number of rotatable bonds is 0. The molecule has 0 rings (SSSR count). The van der Waals surface area contributed by atoms with Crippen LogP contribution in [0.25, 0.3) is 0 Å². The van der Waals surface area contributed by atoms with Gasteiger partial charge in [-0.15, -0.1) is 0 Å². The van der Waals surface area contributed by atoms with Crippen LogP contribution in [0.4, 0.5) is 4.79 Å². The zero-order valence-electron chi connectivity index (χ0n) is 4.68. The van der Waals surface area contributed by atoms with E-state index in [0.29, 0.717) is 0 Å².